The lowest BCUT2D eigenvalue weighted by atomic mass is 9.81. The normalized spacial score (nSPS) is 16.7. The summed E-state index contributed by atoms with van der Waals surface area (Å²) in [5, 5.41) is 50.1. The molecule has 172 valence electrons. The van der Waals surface area contributed by atoms with Crippen molar-refractivity contribution in [2.75, 3.05) is 0 Å². The van der Waals surface area contributed by atoms with Crippen molar-refractivity contribution in [2.45, 2.75) is 24.9 Å². The van der Waals surface area contributed by atoms with Crippen LogP contribution in [0.1, 0.15) is 39.8 Å². The molecule has 0 spiro atoms. The molecule has 1 aliphatic heterocycles. The first-order chi connectivity index (χ1) is 16.4. The second kappa shape index (κ2) is 8.56. The molecule has 0 aromatic heterocycles. The Morgan fingerprint density at radius 2 is 1.15 bits per heavy atom. The first kappa shape index (κ1) is 21.5. The van der Waals surface area contributed by atoms with Gasteiger partial charge in [0.1, 0.15) is 40.6 Å². The van der Waals surface area contributed by atoms with E-state index in [4.69, 9.17) is 4.74 Å². The largest absolute Gasteiger partial charge is 0.508 e. The molecular formula is C28H24O6. The van der Waals surface area contributed by atoms with Crippen molar-refractivity contribution in [2.24, 2.45) is 0 Å². The molecule has 0 fully saturated rings. The molecule has 0 unspecified atom stereocenters. The maximum Gasteiger partial charge on any atom is 0.135 e. The zero-order chi connectivity index (χ0) is 23.8. The van der Waals surface area contributed by atoms with Gasteiger partial charge in [-0.1, -0.05) is 24.3 Å². The van der Waals surface area contributed by atoms with Crippen molar-refractivity contribution < 1.29 is 30.3 Å². The highest BCUT2D eigenvalue weighted by Crippen LogP contribution is 2.53. The molecule has 4 aromatic carbocycles. The minimum Gasteiger partial charge on any atom is -0.508 e. The molecular weight excluding hydrogens is 432 g/mol. The third kappa shape index (κ3) is 4.18. The summed E-state index contributed by atoms with van der Waals surface area (Å²) in [6.07, 6.45) is 0.790. The summed E-state index contributed by atoms with van der Waals surface area (Å²) in [5.74, 6) is 0.478. The van der Waals surface area contributed by atoms with Gasteiger partial charge < -0.3 is 30.3 Å². The Morgan fingerprint density at radius 3 is 1.79 bits per heavy atom. The van der Waals surface area contributed by atoms with Crippen LogP contribution in [0.3, 0.4) is 0 Å². The maximum atomic E-state index is 10.4. The van der Waals surface area contributed by atoms with Gasteiger partial charge in [0.25, 0.3) is 0 Å². The Kier molecular flexibility index (Phi) is 5.42. The molecule has 4 aromatic rings. The quantitative estimate of drug-likeness (QED) is 0.280. The summed E-state index contributed by atoms with van der Waals surface area (Å²) in [5.41, 5.74) is 4.28. The SMILES string of the molecule is Oc1ccc(CCc2cc(O)cc3c2[C@H](c2cc(O)cc(O)c2)[C@@H](c2ccc(O)cc2)O3)cc1. The third-order valence-electron chi connectivity index (χ3n) is 6.21. The predicted octanol–water partition coefficient (Wildman–Crippen LogP) is 5.27. The number of benzene rings is 4. The lowest BCUT2D eigenvalue weighted by Gasteiger charge is -2.22. The van der Waals surface area contributed by atoms with Gasteiger partial charge in [-0.25, -0.2) is 0 Å². The van der Waals surface area contributed by atoms with Crippen LogP contribution in [0, 0.1) is 0 Å². The van der Waals surface area contributed by atoms with Gasteiger partial charge in [-0.2, -0.15) is 0 Å². The van der Waals surface area contributed by atoms with E-state index in [9.17, 15) is 25.5 Å². The van der Waals surface area contributed by atoms with E-state index in [-0.39, 0.29) is 34.7 Å². The van der Waals surface area contributed by atoms with Gasteiger partial charge >= 0.3 is 0 Å². The van der Waals surface area contributed by atoms with Gasteiger partial charge in [-0.15, -0.1) is 0 Å². The molecule has 1 heterocycles. The van der Waals surface area contributed by atoms with E-state index in [0.29, 0.717) is 24.2 Å². The predicted molar refractivity (Wildman–Crippen MR) is 127 cm³/mol. The summed E-state index contributed by atoms with van der Waals surface area (Å²) in [6.45, 7) is 0. The first-order valence-electron chi connectivity index (χ1n) is 11.0. The highest BCUT2D eigenvalue weighted by Gasteiger charge is 2.39. The fraction of sp³-hybridized carbons (Fsp3) is 0.143. The number of phenolic OH excluding ortho intramolecular Hbond substituents is 5. The highest BCUT2D eigenvalue weighted by atomic mass is 16.5. The summed E-state index contributed by atoms with van der Waals surface area (Å²) in [7, 11) is 0. The van der Waals surface area contributed by atoms with E-state index >= 15 is 0 Å². The summed E-state index contributed by atoms with van der Waals surface area (Å²) < 4.78 is 6.33. The van der Waals surface area contributed by atoms with Crippen molar-refractivity contribution in [1.82, 2.24) is 0 Å². The van der Waals surface area contributed by atoms with E-state index in [1.54, 1.807) is 60.7 Å². The van der Waals surface area contributed by atoms with Crippen LogP contribution in [0.2, 0.25) is 0 Å². The number of phenols is 5. The van der Waals surface area contributed by atoms with Crippen molar-refractivity contribution in [1.29, 1.82) is 0 Å². The molecule has 5 N–H and O–H groups in total. The molecule has 0 amide bonds. The van der Waals surface area contributed by atoms with Gasteiger partial charge in [0.05, 0.1) is 5.92 Å². The smallest absolute Gasteiger partial charge is 0.135 e. The fourth-order valence-electron chi connectivity index (χ4n) is 4.69. The van der Waals surface area contributed by atoms with Crippen LogP contribution in [-0.2, 0) is 12.8 Å². The molecule has 0 radical (unpaired) electrons. The van der Waals surface area contributed by atoms with Crippen molar-refractivity contribution >= 4 is 0 Å². The number of aromatic hydroxyl groups is 5. The van der Waals surface area contributed by atoms with E-state index < -0.39 is 6.10 Å². The Balaban J connectivity index is 1.60. The van der Waals surface area contributed by atoms with Crippen LogP contribution in [0.25, 0.3) is 0 Å². The van der Waals surface area contributed by atoms with Gasteiger partial charge in [-0.3, -0.25) is 0 Å². The summed E-state index contributed by atoms with van der Waals surface area (Å²) in [6, 6.07) is 21.5. The number of fused-ring (bicyclic) bond motifs is 1. The molecule has 5 rings (SSSR count). The zero-order valence-corrected chi connectivity index (χ0v) is 18.2. The van der Waals surface area contributed by atoms with E-state index in [0.717, 1.165) is 22.3 Å². The number of aryl methyl sites for hydroxylation is 2. The number of hydrogen-bond donors (Lipinski definition) is 5. The molecule has 0 saturated carbocycles. The molecule has 1 aliphatic rings. The molecule has 0 saturated heterocycles. The molecule has 6 nitrogen and oxygen atoms in total. The molecule has 6 heteroatoms. The maximum absolute atomic E-state index is 10.4. The van der Waals surface area contributed by atoms with E-state index in [1.807, 2.05) is 12.1 Å². The summed E-state index contributed by atoms with van der Waals surface area (Å²) >= 11 is 0. The van der Waals surface area contributed by atoms with Crippen LogP contribution in [-0.4, -0.2) is 25.5 Å². The second-order valence-electron chi connectivity index (χ2n) is 8.57. The standard InChI is InChI=1S/C28H24O6/c29-20-7-2-16(3-8-20)1-4-18-11-24(33)15-25-26(18)27(19-12-22(31)14-23(32)13-19)28(34-25)17-5-9-21(30)10-6-17/h2-3,5-15,27-33H,1,4H2/t27-,28+/m0/s1. The Labute approximate surface area is 196 Å². The average Bonchev–Trinajstić information content (AvgIpc) is 3.17. The van der Waals surface area contributed by atoms with Gasteiger partial charge in [0, 0.05) is 17.7 Å². The van der Waals surface area contributed by atoms with Crippen LogP contribution in [0.5, 0.6) is 34.5 Å². The van der Waals surface area contributed by atoms with Crippen molar-refractivity contribution in [3.8, 4) is 34.5 Å². The van der Waals surface area contributed by atoms with Crippen molar-refractivity contribution in [3.63, 3.8) is 0 Å². The highest BCUT2D eigenvalue weighted by molar-refractivity contribution is 5.57. The molecule has 0 aliphatic carbocycles. The lowest BCUT2D eigenvalue weighted by Crippen LogP contribution is -2.12. The van der Waals surface area contributed by atoms with Gasteiger partial charge in [0.2, 0.25) is 0 Å². The van der Waals surface area contributed by atoms with Crippen LogP contribution >= 0.6 is 0 Å². The Hall–Kier alpha value is -4.32. The summed E-state index contributed by atoms with van der Waals surface area (Å²) in [4.78, 5) is 0. The number of ether oxygens (including phenoxy) is 1. The molecule has 2 atom stereocenters. The Bertz CT molecular complexity index is 1310. The van der Waals surface area contributed by atoms with Crippen molar-refractivity contribution in [3.05, 3.63) is 107 Å². The first-order valence-corrected chi connectivity index (χ1v) is 11.0. The topological polar surface area (TPSA) is 110 Å². The van der Waals surface area contributed by atoms with Gasteiger partial charge in [-0.05, 0) is 77.6 Å². The third-order valence-corrected chi connectivity index (χ3v) is 6.21. The Morgan fingerprint density at radius 1 is 0.559 bits per heavy atom. The zero-order valence-electron chi connectivity index (χ0n) is 18.2. The number of rotatable bonds is 5. The van der Waals surface area contributed by atoms with Crippen LogP contribution in [0.4, 0.5) is 0 Å². The average molecular weight is 456 g/mol. The number of hydrogen-bond acceptors (Lipinski definition) is 6. The minimum absolute atomic E-state index is 0.0580. The minimum atomic E-state index is -0.494. The van der Waals surface area contributed by atoms with Crippen LogP contribution < -0.4 is 4.74 Å². The monoisotopic (exact) mass is 456 g/mol. The van der Waals surface area contributed by atoms with Gasteiger partial charge in [0.15, 0.2) is 0 Å². The van der Waals surface area contributed by atoms with Crippen LogP contribution in [0.15, 0.2) is 78.9 Å². The van der Waals surface area contributed by atoms with E-state index in [1.165, 1.54) is 6.07 Å². The van der Waals surface area contributed by atoms with E-state index in [2.05, 4.69) is 0 Å². The fourth-order valence-corrected chi connectivity index (χ4v) is 4.69. The molecule has 34 heavy (non-hydrogen) atoms. The lowest BCUT2D eigenvalue weighted by molar-refractivity contribution is 0.221. The second-order valence-corrected chi connectivity index (χ2v) is 8.57. The molecule has 0 bridgehead atoms.